The number of para-hydroxylation sites is 1. The van der Waals surface area contributed by atoms with E-state index in [-0.39, 0.29) is 10.7 Å². The molecule has 4 rings (SSSR count). The van der Waals surface area contributed by atoms with Gasteiger partial charge in [0.15, 0.2) is 5.78 Å². The number of benzene rings is 3. The second-order valence-corrected chi connectivity index (χ2v) is 9.11. The van der Waals surface area contributed by atoms with E-state index in [0.29, 0.717) is 11.3 Å². The number of hydrogen-bond acceptors (Lipinski definition) is 3. The lowest BCUT2D eigenvalue weighted by Gasteiger charge is -2.32. The maximum Gasteiger partial charge on any atom is 0.265 e. The van der Waals surface area contributed by atoms with E-state index in [0.717, 1.165) is 11.1 Å². The standard InChI is InChI=1S/C24H21NO3S/c1-18-12-14-20(15-13-18)29(27,28)25-22-11-7-6-10-21(22)23(26)24(25,2)17-16-19-8-4-3-5-9-19/h3-17H,1-2H3/b17-16+. The van der Waals surface area contributed by atoms with Gasteiger partial charge in [0.2, 0.25) is 0 Å². The first-order valence-electron chi connectivity index (χ1n) is 9.34. The summed E-state index contributed by atoms with van der Waals surface area (Å²) in [5, 5.41) is 0. The highest BCUT2D eigenvalue weighted by molar-refractivity contribution is 7.93. The lowest BCUT2D eigenvalue weighted by atomic mass is 9.94. The van der Waals surface area contributed by atoms with Crippen molar-refractivity contribution in [2.75, 3.05) is 4.31 Å². The first kappa shape index (κ1) is 19.2. The van der Waals surface area contributed by atoms with Crippen LogP contribution in [0.25, 0.3) is 6.08 Å². The zero-order valence-electron chi connectivity index (χ0n) is 16.2. The molecule has 3 aromatic carbocycles. The van der Waals surface area contributed by atoms with Gasteiger partial charge in [-0.1, -0.05) is 66.2 Å². The van der Waals surface area contributed by atoms with Crippen LogP contribution in [0.2, 0.25) is 0 Å². The van der Waals surface area contributed by atoms with Gasteiger partial charge in [0, 0.05) is 5.56 Å². The van der Waals surface area contributed by atoms with Gasteiger partial charge in [-0.25, -0.2) is 12.7 Å². The van der Waals surface area contributed by atoms with Gasteiger partial charge in [-0.15, -0.1) is 0 Å². The Morgan fingerprint density at radius 2 is 1.48 bits per heavy atom. The van der Waals surface area contributed by atoms with Crippen molar-refractivity contribution in [3.05, 3.63) is 102 Å². The summed E-state index contributed by atoms with van der Waals surface area (Å²) in [6, 6.07) is 23.0. The lowest BCUT2D eigenvalue weighted by Crippen LogP contribution is -2.49. The second-order valence-electron chi connectivity index (χ2n) is 7.32. The molecule has 0 bridgehead atoms. The van der Waals surface area contributed by atoms with Crippen LogP contribution >= 0.6 is 0 Å². The predicted octanol–water partition coefficient (Wildman–Crippen LogP) is 4.86. The number of fused-ring (bicyclic) bond motifs is 1. The first-order chi connectivity index (χ1) is 13.8. The van der Waals surface area contributed by atoms with Crippen molar-refractivity contribution < 1.29 is 13.2 Å². The third-order valence-electron chi connectivity index (χ3n) is 5.21. The SMILES string of the molecule is Cc1ccc(S(=O)(=O)N2c3ccccc3C(=O)C2(C)/C=C/c2ccccc2)cc1. The molecule has 1 unspecified atom stereocenters. The summed E-state index contributed by atoms with van der Waals surface area (Å²) in [4.78, 5) is 13.5. The monoisotopic (exact) mass is 403 g/mol. The molecule has 0 N–H and O–H groups in total. The minimum Gasteiger partial charge on any atom is -0.291 e. The van der Waals surface area contributed by atoms with Gasteiger partial charge >= 0.3 is 0 Å². The Labute approximate surface area is 171 Å². The average Bonchev–Trinajstić information content (AvgIpc) is 2.96. The summed E-state index contributed by atoms with van der Waals surface area (Å²) < 4.78 is 28.5. The fraction of sp³-hybridized carbons (Fsp3) is 0.125. The molecule has 0 aromatic heterocycles. The van der Waals surface area contributed by atoms with Gasteiger partial charge in [0.1, 0.15) is 5.54 Å². The zero-order valence-corrected chi connectivity index (χ0v) is 17.1. The van der Waals surface area contributed by atoms with E-state index in [1.54, 1.807) is 67.6 Å². The van der Waals surface area contributed by atoms with Crippen molar-refractivity contribution in [1.82, 2.24) is 0 Å². The molecule has 5 heteroatoms. The first-order valence-corrected chi connectivity index (χ1v) is 10.8. The van der Waals surface area contributed by atoms with Gasteiger partial charge < -0.3 is 0 Å². The molecular weight excluding hydrogens is 382 g/mol. The van der Waals surface area contributed by atoms with Crippen LogP contribution in [0.4, 0.5) is 5.69 Å². The molecule has 0 aliphatic carbocycles. The number of sulfonamides is 1. The van der Waals surface area contributed by atoms with E-state index < -0.39 is 15.6 Å². The molecule has 1 aliphatic heterocycles. The van der Waals surface area contributed by atoms with E-state index in [9.17, 15) is 13.2 Å². The molecule has 1 atom stereocenters. The van der Waals surface area contributed by atoms with Crippen LogP contribution in [0.5, 0.6) is 0 Å². The Balaban J connectivity index is 1.89. The van der Waals surface area contributed by atoms with Crippen molar-refractivity contribution in [2.24, 2.45) is 0 Å². The number of ketones is 1. The number of hydrogen-bond donors (Lipinski definition) is 0. The van der Waals surface area contributed by atoms with Crippen LogP contribution in [0.3, 0.4) is 0 Å². The Bertz CT molecular complexity index is 1200. The van der Waals surface area contributed by atoms with E-state index in [4.69, 9.17) is 0 Å². The molecule has 29 heavy (non-hydrogen) atoms. The molecule has 1 aliphatic rings. The van der Waals surface area contributed by atoms with Crippen LogP contribution in [0.15, 0.2) is 89.8 Å². The van der Waals surface area contributed by atoms with Gasteiger partial charge in [-0.05, 0) is 49.8 Å². The van der Waals surface area contributed by atoms with E-state index in [2.05, 4.69) is 0 Å². The van der Waals surface area contributed by atoms with Crippen LogP contribution in [-0.4, -0.2) is 19.7 Å². The zero-order chi connectivity index (χ0) is 20.6. The number of carbonyl (C=O) groups excluding carboxylic acids is 1. The molecule has 4 nitrogen and oxygen atoms in total. The molecule has 1 heterocycles. The van der Waals surface area contributed by atoms with E-state index >= 15 is 0 Å². The molecule has 0 spiro atoms. The maximum atomic E-state index is 13.6. The normalized spacial score (nSPS) is 19.0. The van der Waals surface area contributed by atoms with Crippen molar-refractivity contribution in [3.8, 4) is 0 Å². The highest BCUT2D eigenvalue weighted by Crippen LogP contribution is 2.43. The van der Waals surface area contributed by atoms with Crippen molar-refractivity contribution in [3.63, 3.8) is 0 Å². The highest BCUT2D eigenvalue weighted by Gasteiger charge is 2.51. The maximum absolute atomic E-state index is 13.6. The van der Waals surface area contributed by atoms with Crippen molar-refractivity contribution in [2.45, 2.75) is 24.3 Å². The second kappa shape index (κ2) is 7.01. The van der Waals surface area contributed by atoms with E-state index in [1.807, 2.05) is 37.3 Å². The smallest absolute Gasteiger partial charge is 0.265 e. The topological polar surface area (TPSA) is 54.5 Å². The number of carbonyl (C=O) groups is 1. The third-order valence-corrected chi connectivity index (χ3v) is 7.13. The van der Waals surface area contributed by atoms with Crippen LogP contribution in [0, 0.1) is 6.92 Å². The summed E-state index contributed by atoms with van der Waals surface area (Å²) >= 11 is 0. The number of Topliss-reactive ketones (excluding diaryl/α,β-unsaturated/α-hetero) is 1. The average molecular weight is 404 g/mol. The molecule has 146 valence electrons. The number of aryl methyl sites for hydroxylation is 1. The van der Waals surface area contributed by atoms with Crippen LogP contribution in [0.1, 0.15) is 28.4 Å². The largest absolute Gasteiger partial charge is 0.291 e. The molecule has 0 radical (unpaired) electrons. The summed E-state index contributed by atoms with van der Waals surface area (Å²) in [6.45, 7) is 3.55. The minimum absolute atomic E-state index is 0.159. The molecule has 0 fully saturated rings. The quantitative estimate of drug-likeness (QED) is 0.625. The van der Waals surface area contributed by atoms with Crippen molar-refractivity contribution in [1.29, 1.82) is 0 Å². The predicted molar refractivity (Wildman–Crippen MR) is 115 cm³/mol. The molecule has 0 amide bonds. The van der Waals surface area contributed by atoms with Gasteiger partial charge in [-0.3, -0.25) is 4.79 Å². The van der Waals surface area contributed by atoms with E-state index in [1.165, 1.54) is 4.31 Å². The van der Waals surface area contributed by atoms with Crippen molar-refractivity contribution >= 4 is 27.6 Å². The fourth-order valence-corrected chi connectivity index (χ4v) is 5.37. The Morgan fingerprint density at radius 1 is 0.862 bits per heavy atom. The minimum atomic E-state index is -3.95. The highest BCUT2D eigenvalue weighted by atomic mass is 32.2. The van der Waals surface area contributed by atoms with Gasteiger partial charge in [-0.2, -0.15) is 0 Å². The molecule has 3 aromatic rings. The summed E-state index contributed by atoms with van der Waals surface area (Å²) in [6.07, 6.45) is 3.47. The van der Waals surface area contributed by atoms with Crippen LogP contribution < -0.4 is 4.31 Å². The lowest BCUT2D eigenvalue weighted by molar-refractivity contribution is 0.0948. The molecule has 0 saturated carbocycles. The van der Waals surface area contributed by atoms with Gasteiger partial charge in [0.25, 0.3) is 10.0 Å². The number of nitrogens with zero attached hydrogens (tertiary/aromatic N) is 1. The molecular formula is C24H21NO3S. The number of anilines is 1. The van der Waals surface area contributed by atoms with Crippen LogP contribution in [-0.2, 0) is 10.0 Å². The number of rotatable bonds is 4. The summed E-state index contributed by atoms with van der Waals surface area (Å²) in [5.74, 6) is -0.240. The summed E-state index contributed by atoms with van der Waals surface area (Å²) in [7, 11) is -3.95. The summed E-state index contributed by atoms with van der Waals surface area (Å²) in [5.41, 5.74) is 1.31. The Morgan fingerprint density at radius 3 is 2.17 bits per heavy atom. The Hall–Kier alpha value is -3.18. The fourth-order valence-electron chi connectivity index (χ4n) is 3.62. The molecule has 0 saturated heterocycles. The Kier molecular flexibility index (Phi) is 4.63. The van der Waals surface area contributed by atoms with Gasteiger partial charge in [0.05, 0.1) is 10.6 Å². The third kappa shape index (κ3) is 3.17.